The average Bonchev–Trinajstić information content (AvgIpc) is 2.95. The van der Waals surface area contributed by atoms with Crippen molar-refractivity contribution in [3.8, 4) is 0 Å². The Morgan fingerprint density at radius 1 is 1.10 bits per heavy atom. The van der Waals surface area contributed by atoms with E-state index in [1.54, 1.807) is 7.11 Å². The maximum atomic E-state index is 5.21. The smallest absolute Gasteiger partial charge is 0.0787 e. The van der Waals surface area contributed by atoms with Crippen LogP contribution in [0.1, 0.15) is 44.6 Å². The molecule has 0 amide bonds. The molecule has 2 aliphatic rings. The summed E-state index contributed by atoms with van der Waals surface area (Å²) in [5.74, 6) is 3.00. The third kappa shape index (κ3) is 2.08. The lowest BCUT2D eigenvalue weighted by Crippen LogP contribution is -2.25. The minimum absolute atomic E-state index is 0.312. The molecule has 2 fully saturated rings. The van der Waals surface area contributed by atoms with Crippen LogP contribution in [0.15, 0.2) is 42.7 Å². The van der Waals surface area contributed by atoms with E-state index in [4.69, 9.17) is 4.74 Å². The quantitative estimate of drug-likeness (QED) is 0.702. The van der Waals surface area contributed by atoms with E-state index in [9.17, 15) is 0 Å². The van der Waals surface area contributed by atoms with Crippen LogP contribution in [0.2, 0.25) is 0 Å². The van der Waals surface area contributed by atoms with E-state index in [1.165, 1.54) is 24.8 Å². The zero-order valence-electron chi connectivity index (χ0n) is 12.9. The van der Waals surface area contributed by atoms with E-state index < -0.39 is 0 Å². The van der Waals surface area contributed by atoms with E-state index in [2.05, 4.69) is 50.3 Å². The first kappa shape index (κ1) is 13.7. The van der Waals surface area contributed by atoms with Gasteiger partial charge in [0.1, 0.15) is 0 Å². The van der Waals surface area contributed by atoms with Crippen molar-refractivity contribution in [3.63, 3.8) is 0 Å². The number of benzene rings is 1. The predicted molar refractivity (Wildman–Crippen MR) is 83.4 cm³/mol. The molecular formula is C19H26O. The monoisotopic (exact) mass is 270 g/mol. The van der Waals surface area contributed by atoms with Gasteiger partial charge in [-0.2, -0.15) is 0 Å². The van der Waals surface area contributed by atoms with Crippen molar-refractivity contribution in [2.45, 2.75) is 39.0 Å². The van der Waals surface area contributed by atoms with Crippen LogP contribution in [-0.2, 0) is 4.74 Å². The third-order valence-electron chi connectivity index (χ3n) is 5.76. The largest absolute Gasteiger partial charge is 0.505 e. The molecule has 0 aromatic heterocycles. The minimum atomic E-state index is 0.312. The van der Waals surface area contributed by atoms with Crippen LogP contribution in [0.3, 0.4) is 0 Å². The summed E-state index contributed by atoms with van der Waals surface area (Å²) in [4.78, 5) is 0. The number of allylic oxidation sites excluding steroid dienone is 1. The molecule has 0 spiro atoms. The van der Waals surface area contributed by atoms with Crippen LogP contribution in [0.25, 0.3) is 0 Å². The molecule has 4 atom stereocenters. The normalized spacial score (nSPS) is 35.4. The Balaban J connectivity index is 1.99. The van der Waals surface area contributed by atoms with E-state index in [1.807, 2.05) is 6.26 Å². The van der Waals surface area contributed by atoms with Crippen LogP contribution < -0.4 is 0 Å². The van der Waals surface area contributed by atoms with E-state index in [0.717, 1.165) is 11.8 Å². The Labute approximate surface area is 123 Å². The molecule has 2 aliphatic carbocycles. The second kappa shape index (κ2) is 5.27. The Morgan fingerprint density at radius 3 is 2.50 bits per heavy atom. The first-order valence-electron chi connectivity index (χ1n) is 7.90. The Morgan fingerprint density at radius 2 is 1.80 bits per heavy atom. The highest BCUT2D eigenvalue weighted by molar-refractivity contribution is 5.28. The molecule has 0 saturated heterocycles. The Hall–Kier alpha value is -1.24. The van der Waals surface area contributed by atoms with E-state index in [0.29, 0.717) is 17.3 Å². The van der Waals surface area contributed by atoms with Gasteiger partial charge < -0.3 is 4.74 Å². The van der Waals surface area contributed by atoms with Gasteiger partial charge in [0, 0.05) is 0 Å². The van der Waals surface area contributed by atoms with Gasteiger partial charge in [-0.3, -0.25) is 0 Å². The number of hydrogen-bond donors (Lipinski definition) is 0. The summed E-state index contributed by atoms with van der Waals surface area (Å²) in [6, 6.07) is 11.1. The standard InChI is InChI=1S/C19H26O/c1-19(2)17(12-13-20-3)15-10-7-11-16(15)18(19)14-8-5-4-6-9-14/h4-6,8-9,12-13,15-18H,7,10-11H2,1-3H3/b13-12+. The molecule has 3 rings (SSSR count). The molecule has 1 aromatic carbocycles. The van der Waals surface area contributed by atoms with Gasteiger partial charge >= 0.3 is 0 Å². The number of rotatable bonds is 3. The Kier molecular flexibility index (Phi) is 3.62. The highest BCUT2D eigenvalue weighted by atomic mass is 16.5. The average molecular weight is 270 g/mol. The van der Waals surface area contributed by atoms with Gasteiger partial charge in [-0.05, 0) is 53.6 Å². The molecule has 0 bridgehead atoms. The van der Waals surface area contributed by atoms with Crippen LogP contribution in [0.4, 0.5) is 0 Å². The molecule has 1 heteroatoms. The SMILES string of the molecule is CO/C=C/C1C2CCCC2C(c2ccccc2)C1(C)C. The van der Waals surface area contributed by atoms with Crippen molar-refractivity contribution in [1.82, 2.24) is 0 Å². The van der Waals surface area contributed by atoms with Gasteiger partial charge in [-0.15, -0.1) is 0 Å². The van der Waals surface area contributed by atoms with E-state index >= 15 is 0 Å². The van der Waals surface area contributed by atoms with Gasteiger partial charge in [0.05, 0.1) is 13.4 Å². The van der Waals surface area contributed by atoms with Crippen LogP contribution in [0.5, 0.6) is 0 Å². The Bertz CT molecular complexity index is 474. The lowest BCUT2D eigenvalue weighted by atomic mass is 9.70. The molecule has 0 aliphatic heterocycles. The van der Waals surface area contributed by atoms with Gasteiger partial charge in [0.2, 0.25) is 0 Å². The summed E-state index contributed by atoms with van der Waals surface area (Å²) in [6.07, 6.45) is 8.40. The highest BCUT2D eigenvalue weighted by Gasteiger charge is 2.55. The first-order chi connectivity index (χ1) is 9.66. The second-order valence-corrected chi connectivity index (χ2v) is 7.06. The lowest BCUT2D eigenvalue weighted by molar-refractivity contribution is 0.231. The maximum Gasteiger partial charge on any atom is 0.0787 e. The molecule has 0 radical (unpaired) electrons. The molecule has 2 saturated carbocycles. The predicted octanol–water partition coefficient (Wildman–Crippen LogP) is 5.00. The minimum Gasteiger partial charge on any atom is -0.505 e. The fourth-order valence-corrected chi connectivity index (χ4v) is 5.08. The second-order valence-electron chi connectivity index (χ2n) is 7.06. The number of ether oxygens (including phenoxy) is 1. The molecule has 20 heavy (non-hydrogen) atoms. The molecule has 4 unspecified atom stereocenters. The summed E-state index contributed by atoms with van der Waals surface area (Å²) >= 11 is 0. The van der Waals surface area contributed by atoms with Crippen molar-refractivity contribution in [1.29, 1.82) is 0 Å². The summed E-state index contributed by atoms with van der Waals surface area (Å²) in [7, 11) is 1.75. The van der Waals surface area contributed by atoms with Crippen LogP contribution in [0, 0.1) is 23.2 Å². The van der Waals surface area contributed by atoms with Crippen molar-refractivity contribution < 1.29 is 4.74 Å². The number of hydrogen-bond acceptors (Lipinski definition) is 1. The van der Waals surface area contributed by atoms with E-state index in [-0.39, 0.29) is 0 Å². The topological polar surface area (TPSA) is 9.23 Å². The zero-order valence-corrected chi connectivity index (χ0v) is 12.9. The summed E-state index contributed by atoms with van der Waals surface area (Å²) in [5, 5.41) is 0. The summed E-state index contributed by atoms with van der Waals surface area (Å²) in [5.41, 5.74) is 1.84. The van der Waals surface area contributed by atoms with Crippen molar-refractivity contribution in [2.24, 2.45) is 23.2 Å². The molecule has 0 heterocycles. The van der Waals surface area contributed by atoms with Crippen molar-refractivity contribution >= 4 is 0 Å². The lowest BCUT2D eigenvalue weighted by Gasteiger charge is -2.34. The van der Waals surface area contributed by atoms with Gasteiger partial charge in [0.15, 0.2) is 0 Å². The van der Waals surface area contributed by atoms with Crippen LogP contribution in [-0.4, -0.2) is 7.11 Å². The van der Waals surface area contributed by atoms with Crippen molar-refractivity contribution in [3.05, 3.63) is 48.2 Å². The maximum absolute atomic E-state index is 5.21. The third-order valence-corrected chi connectivity index (χ3v) is 5.76. The molecule has 1 aromatic rings. The van der Waals surface area contributed by atoms with Crippen LogP contribution >= 0.6 is 0 Å². The van der Waals surface area contributed by atoms with Gasteiger partial charge in [-0.25, -0.2) is 0 Å². The molecule has 0 N–H and O–H groups in total. The van der Waals surface area contributed by atoms with Gasteiger partial charge in [-0.1, -0.05) is 50.6 Å². The first-order valence-corrected chi connectivity index (χ1v) is 7.90. The fourth-order valence-electron chi connectivity index (χ4n) is 5.08. The summed E-state index contributed by atoms with van der Waals surface area (Å²) < 4.78 is 5.21. The number of fused-ring (bicyclic) bond motifs is 1. The molecule has 1 nitrogen and oxygen atoms in total. The summed E-state index contributed by atoms with van der Waals surface area (Å²) in [6.45, 7) is 4.90. The van der Waals surface area contributed by atoms with Crippen molar-refractivity contribution in [2.75, 3.05) is 7.11 Å². The highest BCUT2D eigenvalue weighted by Crippen LogP contribution is 2.64. The van der Waals surface area contributed by atoms with Gasteiger partial charge in [0.25, 0.3) is 0 Å². The molecular weight excluding hydrogens is 244 g/mol. The molecule has 108 valence electrons. The zero-order chi connectivity index (χ0) is 14.2. The number of methoxy groups -OCH3 is 1. The fraction of sp³-hybridized carbons (Fsp3) is 0.579.